The summed E-state index contributed by atoms with van der Waals surface area (Å²) < 4.78 is 38.7. The molecule has 1 N–H and O–H groups in total. The van der Waals surface area contributed by atoms with Gasteiger partial charge in [0.25, 0.3) is 0 Å². The fourth-order valence-corrected chi connectivity index (χ4v) is 2.02. The van der Waals surface area contributed by atoms with E-state index < -0.39 is 12.0 Å². The third-order valence-electron chi connectivity index (χ3n) is 3.05. The Morgan fingerprint density at radius 1 is 1.00 bits per heavy atom. The Bertz CT molecular complexity index is 788. The summed E-state index contributed by atoms with van der Waals surface area (Å²) in [6.07, 6.45) is -1.75. The lowest BCUT2D eigenvalue weighted by atomic mass is 10.2. The summed E-state index contributed by atoms with van der Waals surface area (Å²) in [5.41, 5.74) is 1.14. The SMILES string of the molecule is FC(F)(F)c1nc(NCc2ccccc2)c2cnccc2n1. The van der Waals surface area contributed by atoms with Crippen LogP contribution in [0.15, 0.2) is 48.8 Å². The van der Waals surface area contributed by atoms with Crippen molar-refractivity contribution < 1.29 is 13.2 Å². The second kappa shape index (κ2) is 5.59. The molecule has 0 fully saturated rings. The van der Waals surface area contributed by atoms with E-state index in [-0.39, 0.29) is 11.3 Å². The smallest absolute Gasteiger partial charge is 0.365 e. The Kier molecular flexibility index (Phi) is 3.62. The highest BCUT2D eigenvalue weighted by Crippen LogP contribution is 2.30. The van der Waals surface area contributed by atoms with Crippen molar-refractivity contribution in [2.75, 3.05) is 5.32 Å². The van der Waals surface area contributed by atoms with E-state index >= 15 is 0 Å². The quantitative estimate of drug-likeness (QED) is 0.802. The van der Waals surface area contributed by atoms with Gasteiger partial charge in [-0.1, -0.05) is 30.3 Å². The number of aromatic nitrogens is 3. The normalized spacial score (nSPS) is 11.6. The van der Waals surface area contributed by atoms with E-state index in [1.165, 1.54) is 18.5 Å². The van der Waals surface area contributed by atoms with Gasteiger partial charge in [0.2, 0.25) is 5.82 Å². The molecule has 0 radical (unpaired) electrons. The van der Waals surface area contributed by atoms with Crippen LogP contribution < -0.4 is 5.32 Å². The minimum Gasteiger partial charge on any atom is -0.365 e. The average Bonchev–Trinajstić information content (AvgIpc) is 2.52. The number of nitrogens with one attached hydrogen (secondary N) is 1. The van der Waals surface area contributed by atoms with Crippen molar-refractivity contribution in [3.05, 3.63) is 60.2 Å². The van der Waals surface area contributed by atoms with E-state index in [9.17, 15) is 13.2 Å². The van der Waals surface area contributed by atoms with Crippen LogP contribution in [0.1, 0.15) is 11.4 Å². The maximum Gasteiger partial charge on any atom is 0.451 e. The highest BCUT2D eigenvalue weighted by molar-refractivity contribution is 5.88. The van der Waals surface area contributed by atoms with Crippen LogP contribution in [0.4, 0.5) is 19.0 Å². The summed E-state index contributed by atoms with van der Waals surface area (Å²) in [5, 5.41) is 3.38. The van der Waals surface area contributed by atoms with Crippen molar-refractivity contribution in [2.24, 2.45) is 0 Å². The van der Waals surface area contributed by atoms with Gasteiger partial charge < -0.3 is 5.32 Å². The molecule has 0 amide bonds. The molecule has 2 aromatic heterocycles. The molecule has 0 unspecified atom stereocenters. The van der Waals surface area contributed by atoms with E-state index in [1.807, 2.05) is 30.3 Å². The van der Waals surface area contributed by atoms with E-state index in [1.54, 1.807) is 0 Å². The van der Waals surface area contributed by atoms with Gasteiger partial charge in [0.05, 0.1) is 10.9 Å². The van der Waals surface area contributed by atoms with Gasteiger partial charge in [-0.15, -0.1) is 0 Å². The minimum atomic E-state index is -4.60. The molecule has 0 aliphatic heterocycles. The van der Waals surface area contributed by atoms with Crippen molar-refractivity contribution in [1.29, 1.82) is 0 Å². The van der Waals surface area contributed by atoms with Crippen LogP contribution >= 0.6 is 0 Å². The number of halogens is 3. The molecule has 112 valence electrons. The molecule has 0 saturated carbocycles. The number of nitrogens with zero attached hydrogens (tertiary/aromatic N) is 3. The summed E-state index contributed by atoms with van der Waals surface area (Å²) in [6.45, 7) is 0.360. The lowest BCUT2D eigenvalue weighted by Crippen LogP contribution is -2.13. The van der Waals surface area contributed by atoms with Crippen LogP contribution in [0, 0.1) is 0 Å². The monoisotopic (exact) mass is 304 g/mol. The fourth-order valence-electron chi connectivity index (χ4n) is 2.02. The number of pyridine rings is 1. The number of alkyl halides is 3. The molecule has 0 spiro atoms. The molecular formula is C15H11F3N4. The summed E-state index contributed by atoms with van der Waals surface area (Å²) in [4.78, 5) is 11.1. The largest absolute Gasteiger partial charge is 0.451 e. The van der Waals surface area contributed by atoms with Gasteiger partial charge in [-0.25, -0.2) is 9.97 Å². The molecule has 0 atom stereocenters. The van der Waals surface area contributed by atoms with Crippen molar-refractivity contribution in [2.45, 2.75) is 12.7 Å². The number of hydrogen-bond donors (Lipinski definition) is 1. The van der Waals surface area contributed by atoms with Crippen LogP contribution in [0.25, 0.3) is 10.9 Å². The fraction of sp³-hybridized carbons (Fsp3) is 0.133. The second-order valence-corrected chi connectivity index (χ2v) is 4.63. The molecule has 1 aromatic carbocycles. The van der Waals surface area contributed by atoms with Crippen LogP contribution in [0.3, 0.4) is 0 Å². The highest BCUT2D eigenvalue weighted by atomic mass is 19.4. The van der Waals surface area contributed by atoms with Gasteiger partial charge in [0, 0.05) is 18.9 Å². The van der Waals surface area contributed by atoms with E-state index in [2.05, 4.69) is 20.3 Å². The topological polar surface area (TPSA) is 50.7 Å². The Morgan fingerprint density at radius 2 is 1.77 bits per heavy atom. The molecule has 4 nitrogen and oxygen atoms in total. The van der Waals surface area contributed by atoms with Crippen molar-refractivity contribution in [3.63, 3.8) is 0 Å². The van der Waals surface area contributed by atoms with E-state index in [0.717, 1.165) is 5.56 Å². The van der Waals surface area contributed by atoms with Gasteiger partial charge in [-0.2, -0.15) is 13.2 Å². The third kappa shape index (κ3) is 2.98. The first-order chi connectivity index (χ1) is 10.5. The molecule has 7 heteroatoms. The highest BCUT2D eigenvalue weighted by Gasteiger charge is 2.35. The van der Waals surface area contributed by atoms with E-state index in [4.69, 9.17) is 0 Å². The molecule has 3 rings (SSSR count). The summed E-state index contributed by atoms with van der Waals surface area (Å²) >= 11 is 0. The zero-order valence-corrected chi connectivity index (χ0v) is 11.3. The van der Waals surface area contributed by atoms with Gasteiger partial charge >= 0.3 is 6.18 Å². The van der Waals surface area contributed by atoms with Crippen molar-refractivity contribution in [3.8, 4) is 0 Å². The Hall–Kier alpha value is -2.70. The van der Waals surface area contributed by atoms with Crippen LogP contribution in [0.5, 0.6) is 0 Å². The number of hydrogen-bond acceptors (Lipinski definition) is 4. The predicted molar refractivity (Wildman–Crippen MR) is 76.1 cm³/mol. The average molecular weight is 304 g/mol. The van der Waals surface area contributed by atoms with Gasteiger partial charge in [-0.3, -0.25) is 4.98 Å². The first kappa shape index (κ1) is 14.2. The molecule has 22 heavy (non-hydrogen) atoms. The summed E-state index contributed by atoms with van der Waals surface area (Å²) in [7, 11) is 0. The van der Waals surface area contributed by atoms with Crippen LogP contribution in [-0.2, 0) is 12.7 Å². The summed E-state index contributed by atoms with van der Waals surface area (Å²) in [5.74, 6) is -1.05. The molecule has 3 aromatic rings. The van der Waals surface area contributed by atoms with Gasteiger partial charge in [-0.05, 0) is 11.6 Å². The first-order valence-corrected chi connectivity index (χ1v) is 6.51. The van der Waals surface area contributed by atoms with Crippen molar-refractivity contribution in [1.82, 2.24) is 15.0 Å². The lowest BCUT2D eigenvalue weighted by Gasteiger charge is -2.12. The minimum absolute atomic E-state index is 0.120. The molecule has 0 aliphatic rings. The van der Waals surface area contributed by atoms with E-state index in [0.29, 0.717) is 11.9 Å². The van der Waals surface area contributed by atoms with Crippen LogP contribution in [-0.4, -0.2) is 15.0 Å². The molecule has 0 saturated heterocycles. The third-order valence-corrected chi connectivity index (χ3v) is 3.05. The second-order valence-electron chi connectivity index (χ2n) is 4.63. The zero-order valence-electron chi connectivity index (χ0n) is 11.3. The first-order valence-electron chi connectivity index (χ1n) is 6.51. The lowest BCUT2D eigenvalue weighted by molar-refractivity contribution is -0.144. The number of rotatable bonds is 3. The van der Waals surface area contributed by atoms with Gasteiger partial charge in [0.15, 0.2) is 0 Å². The Morgan fingerprint density at radius 3 is 2.50 bits per heavy atom. The van der Waals surface area contributed by atoms with Gasteiger partial charge in [0.1, 0.15) is 5.82 Å². The standard InChI is InChI=1S/C15H11F3N4/c16-15(17,18)14-21-12-6-7-19-9-11(12)13(22-14)20-8-10-4-2-1-3-5-10/h1-7,9H,8H2,(H,20,21,22). The number of fused-ring (bicyclic) bond motifs is 1. The molecular weight excluding hydrogens is 293 g/mol. The maximum absolute atomic E-state index is 12.9. The molecule has 2 heterocycles. The Labute approximate surface area is 124 Å². The maximum atomic E-state index is 12.9. The number of anilines is 1. The van der Waals surface area contributed by atoms with Crippen molar-refractivity contribution >= 4 is 16.7 Å². The predicted octanol–water partition coefficient (Wildman–Crippen LogP) is 3.66. The number of benzene rings is 1. The summed E-state index contributed by atoms with van der Waals surface area (Å²) in [6, 6.07) is 10.8. The van der Waals surface area contributed by atoms with Crippen LogP contribution in [0.2, 0.25) is 0 Å². The molecule has 0 aliphatic carbocycles. The zero-order chi connectivity index (χ0) is 15.6. The molecule has 0 bridgehead atoms. The Balaban J connectivity index is 1.99.